The zero-order valence-electron chi connectivity index (χ0n) is 36.7. The van der Waals surface area contributed by atoms with Gasteiger partial charge < -0.3 is 51.8 Å². The van der Waals surface area contributed by atoms with E-state index in [4.69, 9.17) is 15.2 Å². The summed E-state index contributed by atoms with van der Waals surface area (Å²) in [6.07, 6.45) is 3.07. The topological polar surface area (TPSA) is 248 Å². The summed E-state index contributed by atoms with van der Waals surface area (Å²) in [6.45, 7) is 16.1. The van der Waals surface area contributed by atoms with Crippen molar-refractivity contribution in [2.45, 2.75) is 137 Å². The molecule has 0 saturated carbocycles. The van der Waals surface area contributed by atoms with E-state index in [1.807, 2.05) is 53.7 Å². The average molecular weight is 834 g/mol. The van der Waals surface area contributed by atoms with Crippen LogP contribution in [0.25, 0.3) is 0 Å². The van der Waals surface area contributed by atoms with Crippen LogP contribution in [-0.2, 0) is 44.7 Å². The fourth-order valence-electron chi connectivity index (χ4n) is 5.79. The Bertz CT molecular complexity index is 1500. The Kier molecular flexibility index (Phi) is 24.2. The summed E-state index contributed by atoms with van der Waals surface area (Å²) < 4.78 is 11.5. The second-order valence-electron chi connectivity index (χ2n) is 16.3. The number of nitrogens with zero attached hydrogens (tertiary/aromatic N) is 1. The number of unbranched alkanes of at least 4 members (excludes halogenated alkanes) is 3. The number of ether oxygens (including phenoxy) is 2. The molecule has 17 nitrogen and oxygen atoms in total. The van der Waals surface area contributed by atoms with Gasteiger partial charge in [-0.05, 0) is 68.6 Å². The number of benzene rings is 1. The molecule has 0 fully saturated rings. The fourth-order valence-corrected chi connectivity index (χ4v) is 5.79. The van der Waals surface area contributed by atoms with E-state index in [0.717, 1.165) is 36.1 Å². The smallest absolute Gasteiger partial charge is 0.326 e. The Morgan fingerprint density at radius 3 is 1.90 bits per heavy atom. The van der Waals surface area contributed by atoms with E-state index in [9.17, 15) is 38.7 Å². The number of carbonyl (C=O) groups excluding carboxylic acids is 6. The number of hydrogen-bond acceptors (Lipinski definition) is 10. The molecule has 0 heterocycles. The highest BCUT2D eigenvalue weighted by Crippen LogP contribution is 2.12. The molecule has 1 aromatic carbocycles. The van der Waals surface area contributed by atoms with Crippen LogP contribution in [0, 0.1) is 17.8 Å². The highest BCUT2D eigenvalue weighted by Gasteiger charge is 2.35. The SMILES string of the molecule is CCCCCCc1ccc(C(=O)NC(COCC(C)C)C(=O)NC(N)C(=O)NCC(=O)N(C)C(C(=O)NC(C)C(=O)NC(CC(C)C)C(=O)O)C(C)OCC(C)C)cc1. The number of aryl methyl sites for hydroxylation is 1. The average Bonchev–Trinajstić information content (AvgIpc) is 3.16. The number of amides is 6. The van der Waals surface area contributed by atoms with Crippen molar-refractivity contribution in [3.05, 3.63) is 35.4 Å². The van der Waals surface area contributed by atoms with Crippen LogP contribution in [0.15, 0.2) is 24.3 Å². The molecule has 6 amide bonds. The van der Waals surface area contributed by atoms with Crippen molar-refractivity contribution in [2.75, 3.05) is 33.4 Å². The predicted molar refractivity (Wildman–Crippen MR) is 224 cm³/mol. The van der Waals surface area contributed by atoms with E-state index in [1.54, 1.807) is 19.1 Å². The van der Waals surface area contributed by atoms with Crippen molar-refractivity contribution in [2.24, 2.45) is 23.5 Å². The number of carboxylic acids is 1. The largest absolute Gasteiger partial charge is 0.480 e. The molecule has 1 aromatic rings. The Balaban J connectivity index is 3.00. The van der Waals surface area contributed by atoms with E-state index < -0.39 is 84.4 Å². The van der Waals surface area contributed by atoms with Crippen LogP contribution in [-0.4, -0.2) is 121 Å². The van der Waals surface area contributed by atoms with Crippen LogP contribution in [0.1, 0.15) is 110 Å². The number of likely N-dealkylation sites (N-methyl/N-ethyl adjacent to an activating group) is 1. The van der Waals surface area contributed by atoms with E-state index >= 15 is 0 Å². The lowest BCUT2D eigenvalue weighted by atomic mass is 10.0. The molecule has 0 aliphatic rings. The van der Waals surface area contributed by atoms with Crippen molar-refractivity contribution in [3.8, 4) is 0 Å². The predicted octanol–water partition coefficient (Wildman–Crippen LogP) is 2.11. The van der Waals surface area contributed by atoms with Crippen molar-refractivity contribution >= 4 is 41.4 Å². The molecule has 6 atom stereocenters. The zero-order chi connectivity index (χ0) is 44.8. The van der Waals surface area contributed by atoms with Crippen LogP contribution < -0.4 is 32.3 Å². The summed E-state index contributed by atoms with van der Waals surface area (Å²) in [5.41, 5.74) is 7.46. The molecule has 0 aliphatic heterocycles. The van der Waals surface area contributed by atoms with Gasteiger partial charge in [-0.25, -0.2) is 4.79 Å². The van der Waals surface area contributed by atoms with Gasteiger partial charge in [0.05, 0.1) is 19.3 Å². The maximum Gasteiger partial charge on any atom is 0.326 e. The van der Waals surface area contributed by atoms with E-state index in [2.05, 4.69) is 33.5 Å². The normalized spacial score (nSPS) is 14.4. The van der Waals surface area contributed by atoms with Gasteiger partial charge in [0.15, 0.2) is 6.17 Å². The minimum atomic E-state index is -1.63. The number of nitrogens with one attached hydrogen (secondary N) is 5. The second-order valence-corrected chi connectivity index (χ2v) is 16.3. The van der Waals surface area contributed by atoms with Gasteiger partial charge in [-0.1, -0.05) is 79.9 Å². The van der Waals surface area contributed by atoms with Crippen molar-refractivity contribution in [1.29, 1.82) is 0 Å². The molecule has 0 spiro atoms. The van der Waals surface area contributed by atoms with Gasteiger partial charge in [0.25, 0.3) is 11.8 Å². The van der Waals surface area contributed by atoms with Crippen molar-refractivity contribution < 1.29 is 48.1 Å². The van der Waals surface area contributed by atoms with Crippen molar-refractivity contribution in [1.82, 2.24) is 31.5 Å². The third-order valence-electron chi connectivity index (χ3n) is 9.18. The molecule has 1 rings (SSSR count). The van der Waals surface area contributed by atoms with Gasteiger partial charge in [0, 0.05) is 25.8 Å². The first-order valence-corrected chi connectivity index (χ1v) is 20.7. The lowest BCUT2D eigenvalue weighted by Crippen LogP contribution is -2.60. The maximum atomic E-state index is 13.6. The van der Waals surface area contributed by atoms with Crippen LogP contribution >= 0.6 is 0 Å². The molecule has 334 valence electrons. The molecule has 8 N–H and O–H groups in total. The lowest BCUT2D eigenvalue weighted by Gasteiger charge is -2.33. The Morgan fingerprint density at radius 2 is 1.34 bits per heavy atom. The first-order chi connectivity index (χ1) is 27.7. The molecule has 59 heavy (non-hydrogen) atoms. The van der Waals surface area contributed by atoms with E-state index in [0.29, 0.717) is 12.2 Å². The monoisotopic (exact) mass is 834 g/mol. The maximum absolute atomic E-state index is 13.6. The van der Waals surface area contributed by atoms with Gasteiger partial charge in [-0.3, -0.25) is 28.8 Å². The summed E-state index contributed by atoms with van der Waals surface area (Å²) in [5, 5.41) is 21.9. The molecular formula is C42H71N7O10. The number of hydrogen-bond donors (Lipinski definition) is 7. The molecular weight excluding hydrogens is 763 g/mol. The number of aliphatic carboxylic acids is 1. The van der Waals surface area contributed by atoms with Crippen LogP contribution in [0.2, 0.25) is 0 Å². The van der Waals surface area contributed by atoms with Gasteiger partial charge >= 0.3 is 5.97 Å². The molecule has 0 aliphatic carbocycles. The third-order valence-corrected chi connectivity index (χ3v) is 9.18. The zero-order valence-corrected chi connectivity index (χ0v) is 36.7. The summed E-state index contributed by atoms with van der Waals surface area (Å²) in [6, 6.07) is 2.33. The summed E-state index contributed by atoms with van der Waals surface area (Å²) >= 11 is 0. The minimum Gasteiger partial charge on any atom is -0.480 e. The summed E-state index contributed by atoms with van der Waals surface area (Å²) in [4.78, 5) is 92.2. The van der Waals surface area contributed by atoms with Gasteiger partial charge in [0.2, 0.25) is 23.6 Å². The minimum absolute atomic E-state index is 0.0205. The first-order valence-electron chi connectivity index (χ1n) is 20.7. The molecule has 0 saturated heterocycles. The molecule has 0 radical (unpaired) electrons. The van der Waals surface area contributed by atoms with E-state index in [-0.39, 0.29) is 37.4 Å². The molecule has 0 bridgehead atoms. The highest BCUT2D eigenvalue weighted by molar-refractivity contribution is 5.99. The Hall–Kier alpha value is -4.61. The van der Waals surface area contributed by atoms with Crippen LogP contribution in [0.4, 0.5) is 0 Å². The quantitative estimate of drug-likeness (QED) is 0.0476. The highest BCUT2D eigenvalue weighted by atomic mass is 16.5. The van der Waals surface area contributed by atoms with E-state index in [1.165, 1.54) is 20.4 Å². The fraction of sp³-hybridized carbons (Fsp3) is 0.690. The number of carbonyl (C=O) groups is 7. The summed E-state index contributed by atoms with van der Waals surface area (Å²) in [7, 11) is 1.33. The van der Waals surface area contributed by atoms with Gasteiger partial charge in [0.1, 0.15) is 24.2 Å². The number of carboxylic acid groups (broad SMARTS) is 1. The summed E-state index contributed by atoms with van der Waals surface area (Å²) in [5.74, 6) is -5.43. The number of nitrogens with two attached hydrogens (primary N) is 1. The Labute approximate surface area is 350 Å². The first kappa shape index (κ1) is 52.4. The standard InChI is InChI=1S/C42H71N7O10/c1-11-12-13-14-15-30-16-18-31(19-17-30)38(52)47-33(24-58-22-26(4)5)39(53)48-36(43)41(55)44-21-34(50)49(10)35(29(9)59-23-27(6)7)40(54)45-28(8)37(51)46-32(42(56)57)20-25(2)3/h16-19,25-29,32-33,35-36H,11-15,20-24,43H2,1-10H3,(H,44,55)(H,45,54)(H,46,51)(H,47,52)(H,48,53)(H,56,57). The van der Waals surface area contributed by atoms with Gasteiger partial charge in [-0.15, -0.1) is 0 Å². The lowest BCUT2D eigenvalue weighted by molar-refractivity contribution is -0.146. The molecule has 6 unspecified atom stereocenters. The number of rotatable bonds is 28. The Morgan fingerprint density at radius 1 is 0.712 bits per heavy atom. The second kappa shape index (κ2) is 27.2. The van der Waals surface area contributed by atoms with Gasteiger partial charge in [-0.2, -0.15) is 0 Å². The molecule has 17 heteroatoms. The van der Waals surface area contributed by atoms with Crippen LogP contribution in [0.3, 0.4) is 0 Å². The van der Waals surface area contributed by atoms with Crippen LogP contribution in [0.5, 0.6) is 0 Å². The van der Waals surface area contributed by atoms with Crippen molar-refractivity contribution in [3.63, 3.8) is 0 Å². The third kappa shape index (κ3) is 20.3. The molecule has 0 aromatic heterocycles.